The van der Waals surface area contributed by atoms with Crippen molar-refractivity contribution < 1.29 is 0 Å². The molecule has 2 atom stereocenters. The average Bonchev–Trinajstić information content (AvgIpc) is 2.65. The van der Waals surface area contributed by atoms with Gasteiger partial charge in [0.1, 0.15) is 0 Å². The third kappa shape index (κ3) is 2.69. The summed E-state index contributed by atoms with van der Waals surface area (Å²) in [5, 5.41) is 3.65. The van der Waals surface area contributed by atoms with Gasteiger partial charge in [-0.2, -0.15) is 0 Å². The highest BCUT2D eigenvalue weighted by Gasteiger charge is 2.22. The van der Waals surface area contributed by atoms with E-state index in [0.29, 0.717) is 6.04 Å². The fourth-order valence-corrected chi connectivity index (χ4v) is 2.75. The van der Waals surface area contributed by atoms with Crippen LogP contribution < -0.4 is 5.32 Å². The lowest BCUT2D eigenvalue weighted by atomic mass is 10.1. The second kappa shape index (κ2) is 4.93. The molecule has 0 amide bonds. The molecule has 0 aliphatic heterocycles. The summed E-state index contributed by atoms with van der Waals surface area (Å²) in [7, 11) is 0. The molecule has 0 spiro atoms. The molecule has 2 rings (SSSR count). The van der Waals surface area contributed by atoms with Crippen LogP contribution in [-0.2, 0) is 0 Å². The Morgan fingerprint density at radius 3 is 2.87 bits per heavy atom. The molecule has 2 heteroatoms. The van der Waals surface area contributed by atoms with Crippen molar-refractivity contribution in [3.63, 3.8) is 0 Å². The van der Waals surface area contributed by atoms with E-state index in [4.69, 9.17) is 0 Å². The summed E-state index contributed by atoms with van der Waals surface area (Å²) in [5.74, 6) is 0.822. The lowest BCUT2D eigenvalue weighted by Crippen LogP contribution is -2.21. The summed E-state index contributed by atoms with van der Waals surface area (Å²) >= 11 is 1.80. The zero-order chi connectivity index (χ0) is 10.7. The van der Waals surface area contributed by atoms with Gasteiger partial charge < -0.3 is 5.32 Å². The highest BCUT2D eigenvalue weighted by atomic mass is 32.2. The van der Waals surface area contributed by atoms with Crippen molar-refractivity contribution in [3.8, 4) is 0 Å². The van der Waals surface area contributed by atoms with E-state index in [1.807, 2.05) is 0 Å². The predicted octanol–water partition coefficient (Wildman–Crippen LogP) is 4.01. The Hall–Kier alpha value is -0.630. The minimum absolute atomic E-state index is 0.683. The normalized spacial score (nSPS) is 25.5. The van der Waals surface area contributed by atoms with Crippen LogP contribution >= 0.6 is 11.8 Å². The molecule has 1 aromatic rings. The highest BCUT2D eigenvalue weighted by molar-refractivity contribution is 7.98. The molecular weight excluding hydrogens is 202 g/mol. The Labute approximate surface area is 96.7 Å². The van der Waals surface area contributed by atoms with Crippen molar-refractivity contribution >= 4 is 17.4 Å². The molecule has 1 aliphatic rings. The number of hydrogen-bond donors (Lipinski definition) is 1. The minimum Gasteiger partial charge on any atom is -0.382 e. The van der Waals surface area contributed by atoms with Crippen LogP contribution in [0.25, 0.3) is 0 Å². The van der Waals surface area contributed by atoms with Gasteiger partial charge >= 0.3 is 0 Å². The zero-order valence-corrected chi connectivity index (χ0v) is 10.3. The first kappa shape index (κ1) is 10.9. The summed E-state index contributed by atoms with van der Waals surface area (Å²) in [5.41, 5.74) is 1.28. The van der Waals surface area contributed by atoms with E-state index in [1.54, 1.807) is 11.8 Å². The maximum absolute atomic E-state index is 3.65. The van der Waals surface area contributed by atoms with Gasteiger partial charge in [-0.25, -0.2) is 0 Å². The Morgan fingerprint density at radius 1 is 1.33 bits per heavy atom. The van der Waals surface area contributed by atoms with Crippen LogP contribution in [0.15, 0.2) is 29.2 Å². The summed E-state index contributed by atoms with van der Waals surface area (Å²) in [6, 6.07) is 9.39. The molecule has 2 unspecified atom stereocenters. The molecule has 0 aromatic heterocycles. The minimum atomic E-state index is 0.683. The van der Waals surface area contributed by atoms with E-state index in [9.17, 15) is 0 Å². The molecule has 0 heterocycles. The van der Waals surface area contributed by atoms with Crippen LogP contribution in [0.1, 0.15) is 26.2 Å². The molecule has 1 nitrogen and oxygen atoms in total. The largest absolute Gasteiger partial charge is 0.382 e. The monoisotopic (exact) mass is 221 g/mol. The average molecular weight is 221 g/mol. The second-order valence-electron chi connectivity index (χ2n) is 4.39. The molecular formula is C13H19NS. The lowest BCUT2D eigenvalue weighted by molar-refractivity contribution is 0.556. The van der Waals surface area contributed by atoms with Crippen LogP contribution in [0.4, 0.5) is 5.69 Å². The second-order valence-corrected chi connectivity index (χ2v) is 5.27. The van der Waals surface area contributed by atoms with Crippen molar-refractivity contribution in [2.24, 2.45) is 5.92 Å². The Morgan fingerprint density at radius 2 is 2.20 bits per heavy atom. The number of anilines is 1. The van der Waals surface area contributed by atoms with E-state index in [2.05, 4.69) is 42.8 Å². The Balaban J connectivity index is 2.03. The van der Waals surface area contributed by atoms with Crippen LogP contribution in [0, 0.1) is 5.92 Å². The SMILES string of the molecule is CSc1cccc(NC2CCCC2C)c1. The molecule has 0 bridgehead atoms. The maximum Gasteiger partial charge on any atom is 0.0353 e. The van der Waals surface area contributed by atoms with E-state index in [1.165, 1.54) is 29.8 Å². The van der Waals surface area contributed by atoms with Crippen LogP contribution in [-0.4, -0.2) is 12.3 Å². The number of thioether (sulfide) groups is 1. The molecule has 15 heavy (non-hydrogen) atoms. The van der Waals surface area contributed by atoms with Gasteiger partial charge in [0.05, 0.1) is 0 Å². The van der Waals surface area contributed by atoms with E-state index in [0.717, 1.165) is 5.92 Å². The van der Waals surface area contributed by atoms with E-state index >= 15 is 0 Å². The number of benzene rings is 1. The van der Waals surface area contributed by atoms with Crippen molar-refractivity contribution in [1.29, 1.82) is 0 Å². The molecule has 0 saturated heterocycles. The van der Waals surface area contributed by atoms with Gasteiger partial charge in [0.15, 0.2) is 0 Å². The van der Waals surface area contributed by atoms with Gasteiger partial charge in [-0.3, -0.25) is 0 Å². The van der Waals surface area contributed by atoms with Gasteiger partial charge in [0, 0.05) is 16.6 Å². The third-order valence-electron chi connectivity index (χ3n) is 3.28. The molecule has 82 valence electrons. The quantitative estimate of drug-likeness (QED) is 0.774. The zero-order valence-electron chi connectivity index (χ0n) is 9.49. The fraction of sp³-hybridized carbons (Fsp3) is 0.538. The standard InChI is InChI=1S/C13H19NS/c1-10-5-3-8-13(10)14-11-6-4-7-12(9-11)15-2/h4,6-7,9-10,13-14H,3,5,8H2,1-2H3. The molecule has 1 aromatic carbocycles. The molecule has 1 fully saturated rings. The van der Waals surface area contributed by atoms with E-state index < -0.39 is 0 Å². The molecule has 0 radical (unpaired) electrons. The van der Waals surface area contributed by atoms with Crippen LogP contribution in [0.3, 0.4) is 0 Å². The van der Waals surface area contributed by atoms with Crippen LogP contribution in [0.2, 0.25) is 0 Å². The number of rotatable bonds is 3. The first-order valence-electron chi connectivity index (χ1n) is 5.70. The Kier molecular flexibility index (Phi) is 3.57. The van der Waals surface area contributed by atoms with Crippen molar-refractivity contribution in [3.05, 3.63) is 24.3 Å². The first-order chi connectivity index (χ1) is 7.29. The Bertz CT molecular complexity index is 324. The first-order valence-corrected chi connectivity index (χ1v) is 6.92. The smallest absolute Gasteiger partial charge is 0.0353 e. The van der Waals surface area contributed by atoms with Gasteiger partial charge in [-0.1, -0.05) is 19.4 Å². The molecule has 1 saturated carbocycles. The van der Waals surface area contributed by atoms with Crippen molar-refractivity contribution in [2.75, 3.05) is 11.6 Å². The van der Waals surface area contributed by atoms with Crippen molar-refractivity contribution in [1.82, 2.24) is 0 Å². The summed E-state index contributed by atoms with van der Waals surface area (Å²) in [4.78, 5) is 1.34. The maximum atomic E-state index is 3.65. The summed E-state index contributed by atoms with van der Waals surface area (Å²) < 4.78 is 0. The lowest BCUT2D eigenvalue weighted by Gasteiger charge is -2.18. The van der Waals surface area contributed by atoms with Gasteiger partial charge in [0.2, 0.25) is 0 Å². The van der Waals surface area contributed by atoms with Crippen LogP contribution in [0.5, 0.6) is 0 Å². The molecule has 1 aliphatic carbocycles. The molecule has 1 N–H and O–H groups in total. The predicted molar refractivity (Wildman–Crippen MR) is 68.6 cm³/mol. The van der Waals surface area contributed by atoms with Crippen molar-refractivity contribution in [2.45, 2.75) is 37.1 Å². The van der Waals surface area contributed by atoms with Gasteiger partial charge in [-0.15, -0.1) is 11.8 Å². The summed E-state index contributed by atoms with van der Waals surface area (Å²) in [6.45, 7) is 2.35. The number of hydrogen-bond acceptors (Lipinski definition) is 2. The van der Waals surface area contributed by atoms with Gasteiger partial charge in [-0.05, 0) is 43.2 Å². The third-order valence-corrected chi connectivity index (χ3v) is 4.01. The highest BCUT2D eigenvalue weighted by Crippen LogP contribution is 2.28. The van der Waals surface area contributed by atoms with Gasteiger partial charge in [0.25, 0.3) is 0 Å². The summed E-state index contributed by atoms with van der Waals surface area (Å²) in [6.07, 6.45) is 6.20. The number of nitrogens with one attached hydrogen (secondary N) is 1. The fourth-order valence-electron chi connectivity index (χ4n) is 2.29. The van der Waals surface area contributed by atoms with E-state index in [-0.39, 0.29) is 0 Å². The topological polar surface area (TPSA) is 12.0 Å².